The number of carbonyl (C=O) groups excluding carboxylic acids is 1. The van der Waals surface area contributed by atoms with E-state index >= 15 is 0 Å². The molecule has 1 atom stereocenters. The van der Waals surface area contributed by atoms with Crippen LogP contribution in [0.2, 0.25) is 0 Å². The van der Waals surface area contributed by atoms with Gasteiger partial charge in [-0.1, -0.05) is 19.4 Å². The molecule has 1 N–H and O–H groups in total. The minimum atomic E-state index is -3.48. The van der Waals surface area contributed by atoms with Crippen LogP contribution in [0.25, 0.3) is 0 Å². The first-order valence-electron chi connectivity index (χ1n) is 7.86. The largest absolute Gasteiger partial charge is 0.350 e. The number of carbonyl (C=O) groups is 1. The molecule has 1 amide bonds. The molecule has 0 saturated carbocycles. The Bertz CT molecular complexity index is 622. The van der Waals surface area contributed by atoms with Crippen molar-refractivity contribution in [2.75, 3.05) is 13.1 Å². The van der Waals surface area contributed by atoms with Gasteiger partial charge in [0.25, 0.3) is 5.91 Å². The molecule has 122 valence electrons. The van der Waals surface area contributed by atoms with Gasteiger partial charge in [0.15, 0.2) is 0 Å². The van der Waals surface area contributed by atoms with E-state index in [-0.39, 0.29) is 16.8 Å². The highest BCUT2D eigenvalue weighted by molar-refractivity contribution is 7.89. The third kappa shape index (κ3) is 3.87. The fourth-order valence-corrected chi connectivity index (χ4v) is 4.25. The fraction of sp³-hybridized carbons (Fsp3) is 0.562. The molecule has 5 nitrogen and oxygen atoms in total. The fourth-order valence-electron chi connectivity index (χ4n) is 2.69. The molecule has 0 aromatic heterocycles. The van der Waals surface area contributed by atoms with Gasteiger partial charge in [0.1, 0.15) is 0 Å². The first kappa shape index (κ1) is 17.0. The third-order valence-electron chi connectivity index (χ3n) is 3.90. The Balaban J connectivity index is 2.17. The molecule has 1 heterocycles. The molecule has 0 radical (unpaired) electrons. The van der Waals surface area contributed by atoms with Gasteiger partial charge < -0.3 is 5.32 Å². The Labute approximate surface area is 132 Å². The number of amides is 1. The molecule has 0 bridgehead atoms. The lowest BCUT2D eigenvalue weighted by Gasteiger charge is -2.16. The second-order valence-corrected chi connectivity index (χ2v) is 7.74. The molecule has 0 spiro atoms. The second-order valence-electron chi connectivity index (χ2n) is 5.80. The summed E-state index contributed by atoms with van der Waals surface area (Å²) in [5.74, 6) is -0.223. The van der Waals surface area contributed by atoms with Crippen LogP contribution in [-0.2, 0) is 10.0 Å². The standard InChI is InChI=1S/C16H24N2O3S/c1-3-7-13(2)17-16(19)14-8-6-9-15(12-14)22(20,21)18-10-4-5-11-18/h6,8-9,12-13H,3-5,7,10-11H2,1-2H3,(H,17,19). The molecule has 1 aromatic rings. The molecule has 2 rings (SSSR count). The molecule has 0 aliphatic carbocycles. The minimum Gasteiger partial charge on any atom is -0.350 e. The molecular formula is C16H24N2O3S. The summed E-state index contributed by atoms with van der Waals surface area (Å²) in [6, 6.07) is 6.39. The number of rotatable bonds is 6. The minimum absolute atomic E-state index is 0.0799. The van der Waals surface area contributed by atoms with Gasteiger partial charge >= 0.3 is 0 Å². The highest BCUT2D eigenvalue weighted by Gasteiger charge is 2.27. The van der Waals surface area contributed by atoms with Gasteiger partial charge in [0.05, 0.1) is 4.90 Å². The number of nitrogens with one attached hydrogen (secondary N) is 1. The van der Waals surface area contributed by atoms with E-state index in [1.54, 1.807) is 18.2 Å². The van der Waals surface area contributed by atoms with E-state index in [9.17, 15) is 13.2 Å². The normalized spacial score (nSPS) is 17.4. The molecular weight excluding hydrogens is 300 g/mol. The lowest BCUT2D eigenvalue weighted by molar-refractivity contribution is 0.0938. The van der Waals surface area contributed by atoms with E-state index < -0.39 is 10.0 Å². The Hall–Kier alpha value is -1.40. The molecule has 1 saturated heterocycles. The highest BCUT2D eigenvalue weighted by atomic mass is 32.2. The van der Waals surface area contributed by atoms with Gasteiger partial charge in [-0.15, -0.1) is 0 Å². The predicted molar refractivity (Wildman–Crippen MR) is 86.3 cm³/mol. The van der Waals surface area contributed by atoms with Crippen molar-refractivity contribution in [3.05, 3.63) is 29.8 Å². The van der Waals surface area contributed by atoms with E-state index in [0.29, 0.717) is 18.7 Å². The van der Waals surface area contributed by atoms with Crippen molar-refractivity contribution in [3.63, 3.8) is 0 Å². The smallest absolute Gasteiger partial charge is 0.251 e. The van der Waals surface area contributed by atoms with Crippen LogP contribution in [0.5, 0.6) is 0 Å². The third-order valence-corrected chi connectivity index (χ3v) is 5.79. The van der Waals surface area contributed by atoms with Crippen LogP contribution in [0.15, 0.2) is 29.2 Å². The van der Waals surface area contributed by atoms with Crippen LogP contribution < -0.4 is 5.32 Å². The summed E-state index contributed by atoms with van der Waals surface area (Å²) in [6.45, 7) is 5.14. The second kappa shape index (κ2) is 7.24. The Morgan fingerprint density at radius 1 is 1.32 bits per heavy atom. The van der Waals surface area contributed by atoms with Gasteiger partial charge in [-0.25, -0.2) is 8.42 Å². The summed E-state index contributed by atoms with van der Waals surface area (Å²) >= 11 is 0. The predicted octanol–water partition coefficient (Wildman–Crippen LogP) is 2.39. The molecule has 1 unspecified atom stereocenters. The van der Waals surface area contributed by atoms with E-state index in [2.05, 4.69) is 12.2 Å². The van der Waals surface area contributed by atoms with Crippen LogP contribution in [0.3, 0.4) is 0 Å². The van der Waals surface area contributed by atoms with Crippen LogP contribution >= 0.6 is 0 Å². The average Bonchev–Trinajstić information content (AvgIpc) is 3.02. The number of hydrogen-bond acceptors (Lipinski definition) is 3. The topological polar surface area (TPSA) is 66.5 Å². The monoisotopic (exact) mass is 324 g/mol. The highest BCUT2D eigenvalue weighted by Crippen LogP contribution is 2.21. The average molecular weight is 324 g/mol. The molecule has 6 heteroatoms. The number of nitrogens with zero attached hydrogens (tertiary/aromatic N) is 1. The van der Waals surface area contributed by atoms with Crippen molar-refractivity contribution in [3.8, 4) is 0 Å². The van der Waals surface area contributed by atoms with Crippen molar-refractivity contribution >= 4 is 15.9 Å². The lowest BCUT2D eigenvalue weighted by atomic mass is 10.1. The Morgan fingerprint density at radius 2 is 2.00 bits per heavy atom. The summed E-state index contributed by atoms with van der Waals surface area (Å²) in [4.78, 5) is 12.4. The van der Waals surface area contributed by atoms with E-state index in [0.717, 1.165) is 25.7 Å². The van der Waals surface area contributed by atoms with Crippen LogP contribution in [-0.4, -0.2) is 37.8 Å². The molecule has 1 aromatic carbocycles. The van der Waals surface area contributed by atoms with E-state index in [4.69, 9.17) is 0 Å². The summed E-state index contributed by atoms with van der Waals surface area (Å²) < 4.78 is 26.5. The van der Waals surface area contributed by atoms with Crippen molar-refractivity contribution in [2.45, 2.75) is 50.5 Å². The Morgan fingerprint density at radius 3 is 2.64 bits per heavy atom. The van der Waals surface area contributed by atoms with Crippen LogP contribution in [0.1, 0.15) is 49.9 Å². The number of benzene rings is 1. The summed E-state index contributed by atoms with van der Waals surface area (Å²) in [5.41, 5.74) is 0.392. The van der Waals surface area contributed by atoms with Crippen molar-refractivity contribution in [1.82, 2.24) is 9.62 Å². The molecule has 1 aliphatic rings. The van der Waals surface area contributed by atoms with E-state index in [1.807, 2.05) is 6.92 Å². The number of sulfonamides is 1. The molecule has 1 fully saturated rings. The molecule has 1 aliphatic heterocycles. The maximum absolute atomic E-state index is 12.5. The maximum atomic E-state index is 12.5. The SMILES string of the molecule is CCCC(C)NC(=O)c1cccc(S(=O)(=O)N2CCCC2)c1. The van der Waals surface area contributed by atoms with Crippen LogP contribution in [0, 0.1) is 0 Å². The van der Waals surface area contributed by atoms with Gasteiger partial charge in [-0.05, 0) is 44.4 Å². The Kier molecular flexibility index (Phi) is 5.58. The zero-order valence-electron chi connectivity index (χ0n) is 13.2. The van der Waals surface area contributed by atoms with Gasteiger partial charge in [-0.2, -0.15) is 4.31 Å². The quantitative estimate of drug-likeness (QED) is 0.874. The summed E-state index contributed by atoms with van der Waals surface area (Å²) in [7, 11) is -3.48. The van der Waals surface area contributed by atoms with Crippen molar-refractivity contribution in [1.29, 1.82) is 0 Å². The maximum Gasteiger partial charge on any atom is 0.251 e. The zero-order valence-corrected chi connectivity index (χ0v) is 14.0. The zero-order chi connectivity index (χ0) is 16.2. The molecule has 22 heavy (non-hydrogen) atoms. The van der Waals surface area contributed by atoms with Gasteiger partial charge in [-0.3, -0.25) is 4.79 Å². The first-order chi connectivity index (χ1) is 10.4. The van der Waals surface area contributed by atoms with E-state index in [1.165, 1.54) is 10.4 Å². The first-order valence-corrected chi connectivity index (χ1v) is 9.30. The van der Waals surface area contributed by atoms with Gasteiger partial charge in [0, 0.05) is 24.7 Å². The van der Waals surface area contributed by atoms with Crippen molar-refractivity contribution < 1.29 is 13.2 Å². The van der Waals surface area contributed by atoms with Crippen LogP contribution in [0.4, 0.5) is 0 Å². The summed E-state index contributed by atoms with van der Waals surface area (Å²) in [6.07, 6.45) is 3.68. The lowest BCUT2D eigenvalue weighted by Crippen LogP contribution is -2.32. The van der Waals surface area contributed by atoms with Gasteiger partial charge in [0.2, 0.25) is 10.0 Å². The summed E-state index contributed by atoms with van der Waals surface area (Å²) in [5, 5.41) is 2.90. The number of hydrogen-bond donors (Lipinski definition) is 1. The van der Waals surface area contributed by atoms with Crippen molar-refractivity contribution in [2.24, 2.45) is 0 Å².